The predicted octanol–water partition coefficient (Wildman–Crippen LogP) is 4.78. The van der Waals surface area contributed by atoms with E-state index in [0.717, 1.165) is 6.42 Å². The van der Waals surface area contributed by atoms with Crippen LogP contribution in [0.25, 0.3) is 0 Å². The average molecular weight is 304 g/mol. The van der Waals surface area contributed by atoms with E-state index >= 15 is 0 Å². The van der Waals surface area contributed by atoms with E-state index in [1.54, 1.807) is 0 Å². The van der Waals surface area contributed by atoms with E-state index in [1.807, 2.05) is 6.08 Å². The predicted molar refractivity (Wildman–Crippen MR) is 94.7 cm³/mol. The van der Waals surface area contributed by atoms with Gasteiger partial charge in [0.05, 0.1) is 6.10 Å². The van der Waals surface area contributed by atoms with Crippen molar-refractivity contribution >= 4 is 0 Å². The van der Waals surface area contributed by atoms with Crippen molar-refractivity contribution < 1.29 is 5.11 Å². The van der Waals surface area contributed by atoms with Crippen molar-refractivity contribution in [3.05, 3.63) is 83.4 Å². The highest BCUT2D eigenvalue weighted by Crippen LogP contribution is 2.65. The third-order valence-corrected chi connectivity index (χ3v) is 6.65. The molecule has 118 valence electrons. The van der Waals surface area contributed by atoms with Crippen molar-refractivity contribution in [1.29, 1.82) is 0 Å². The fraction of sp³-hybridized carbons (Fsp3) is 0.364. The third kappa shape index (κ3) is 1.66. The van der Waals surface area contributed by atoms with Gasteiger partial charge in [-0.15, -0.1) is 6.58 Å². The fourth-order valence-electron chi connectivity index (χ4n) is 5.18. The lowest BCUT2D eigenvalue weighted by Gasteiger charge is -2.60. The molecule has 1 unspecified atom stereocenters. The van der Waals surface area contributed by atoms with Gasteiger partial charge in [0.2, 0.25) is 0 Å². The van der Waals surface area contributed by atoms with Crippen LogP contribution in [0.1, 0.15) is 54.9 Å². The first-order valence-corrected chi connectivity index (χ1v) is 8.52. The van der Waals surface area contributed by atoms with Crippen LogP contribution in [0.2, 0.25) is 0 Å². The maximum atomic E-state index is 11.0. The molecule has 0 fully saturated rings. The molecule has 1 N–H and O–H groups in total. The Bertz CT molecular complexity index is 728. The van der Waals surface area contributed by atoms with Crippen LogP contribution in [0.3, 0.4) is 0 Å². The Balaban J connectivity index is 2.03. The maximum Gasteiger partial charge on any atom is 0.0640 e. The first-order valence-electron chi connectivity index (χ1n) is 8.52. The molecule has 0 amide bonds. The smallest absolute Gasteiger partial charge is 0.0640 e. The topological polar surface area (TPSA) is 20.2 Å². The molecule has 1 nitrogen and oxygen atoms in total. The quantitative estimate of drug-likeness (QED) is 0.809. The Kier molecular flexibility index (Phi) is 3.08. The highest BCUT2D eigenvalue weighted by atomic mass is 16.3. The summed E-state index contributed by atoms with van der Waals surface area (Å²) in [5.74, 6) is 0.383. The lowest BCUT2D eigenvalue weighted by Crippen LogP contribution is -2.57. The number of benzene rings is 2. The molecule has 2 aromatic carbocycles. The van der Waals surface area contributed by atoms with Crippen molar-refractivity contribution in [3.63, 3.8) is 0 Å². The van der Waals surface area contributed by atoms with Crippen molar-refractivity contribution in [2.24, 2.45) is 5.41 Å². The molecule has 23 heavy (non-hydrogen) atoms. The minimum Gasteiger partial charge on any atom is -0.392 e. The zero-order valence-corrected chi connectivity index (χ0v) is 13.9. The summed E-state index contributed by atoms with van der Waals surface area (Å²) < 4.78 is 0. The standard InChI is InChI=1S/C22H24O/c1-4-9-20(23)21(2)14-17-15-10-5-7-12-18(15)22(21,3)19-13-8-6-11-16(17)19/h4-8,10-13,17,20,23H,1,9,14H2,2-3H3/t17?,20-,21?,22?/m1/s1. The summed E-state index contributed by atoms with van der Waals surface area (Å²) in [4.78, 5) is 0. The van der Waals surface area contributed by atoms with Gasteiger partial charge in [-0.25, -0.2) is 0 Å². The summed E-state index contributed by atoms with van der Waals surface area (Å²) in [6, 6.07) is 17.6. The monoisotopic (exact) mass is 304 g/mol. The van der Waals surface area contributed by atoms with Gasteiger partial charge in [0.15, 0.2) is 0 Å². The second-order valence-electron chi connectivity index (χ2n) is 7.51. The number of hydrogen-bond acceptors (Lipinski definition) is 1. The summed E-state index contributed by atoms with van der Waals surface area (Å²) in [5.41, 5.74) is 5.31. The second-order valence-corrected chi connectivity index (χ2v) is 7.51. The molecule has 0 spiro atoms. The molecule has 1 heteroatoms. The molecule has 0 aliphatic heterocycles. The molecular weight excluding hydrogens is 280 g/mol. The Morgan fingerprint density at radius 2 is 1.61 bits per heavy atom. The highest BCUT2D eigenvalue weighted by Gasteiger charge is 2.60. The third-order valence-electron chi connectivity index (χ3n) is 6.65. The number of fused-ring (bicyclic) bond motifs is 1. The molecule has 2 atom stereocenters. The van der Waals surface area contributed by atoms with Gasteiger partial charge >= 0.3 is 0 Å². The molecule has 0 saturated carbocycles. The van der Waals surface area contributed by atoms with Crippen molar-refractivity contribution in [2.45, 2.75) is 44.1 Å². The van der Waals surface area contributed by atoms with Crippen LogP contribution in [0.4, 0.5) is 0 Å². The first-order chi connectivity index (χ1) is 11.0. The Morgan fingerprint density at radius 3 is 2.13 bits per heavy atom. The fourth-order valence-corrected chi connectivity index (χ4v) is 5.18. The lowest BCUT2D eigenvalue weighted by molar-refractivity contribution is -0.0274. The van der Waals surface area contributed by atoms with E-state index in [9.17, 15) is 5.11 Å². The van der Waals surface area contributed by atoms with E-state index in [2.05, 4.69) is 69.0 Å². The number of hydrogen-bond donors (Lipinski definition) is 1. The zero-order chi connectivity index (χ0) is 16.2. The normalized spacial score (nSPS) is 32.0. The van der Waals surface area contributed by atoms with Crippen molar-refractivity contribution in [2.75, 3.05) is 0 Å². The average Bonchev–Trinajstić information content (AvgIpc) is 2.58. The van der Waals surface area contributed by atoms with Crippen molar-refractivity contribution in [1.82, 2.24) is 0 Å². The van der Waals surface area contributed by atoms with Crippen LogP contribution in [-0.2, 0) is 5.41 Å². The van der Waals surface area contributed by atoms with E-state index in [0.29, 0.717) is 12.3 Å². The summed E-state index contributed by atoms with van der Waals surface area (Å²) in [6.07, 6.45) is 3.10. The number of aliphatic hydroxyl groups is 1. The van der Waals surface area contributed by atoms with Crippen molar-refractivity contribution in [3.8, 4) is 0 Å². The molecule has 3 aliphatic rings. The summed E-state index contributed by atoms with van der Waals surface area (Å²) >= 11 is 0. The molecule has 2 bridgehead atoms. The largest absolute Gasteiger partial charge is 0.392 e. The second kappa shape index (κ2) is 4.82. The molecule has 0 saturated heterocycles. The van der Waals surface area contributed by atoms with Crippen LogP contribution < -0.4 is 0 Å². The van der Waals surface area contributed by atoms with Gasteiger partial charge in [0.1, 0.15) is 0 Å². The van der Waals surface area contributed by atoms with Gasteiger partial charge in [-0.2, -0.15) is 0 Å². The Labute approximate surface area is 138 Å². The molecule has 0 radical (unpaired) electrons. The molecule has 2 aromatic rings. The first kappa shape index (κ1) is 14.7. The minimum absolute atomic E-state index is 0.169. The number of aliphatic hydroxyl groups excluding tert-OH is 1. The maximum absolute atomic E-state index is 11.0. The lowest BCUT2D eigenvalue weighted by atomic mass is 9.43. The molecular formula is C22H24O. The molecule has 0 heterocycles. The summed E-state index contributed by atoms with van der Waals surface area (Å²) in [6.45, 7) is 8.43. The van der Waals surface area contributed by atoms with E-state index in [1.165, 1.54) is 22.3 Å². The van der Waals surface area contributed by atoms with E-state index in [-0.39, 0.29) is 16.9 Å². The van der Waals surface area contributed by atoms with E-state index in [4.69, 9.17) is 0 Å². The molecule has 5 rings (SSSR count). The Morgan fingerprint density at radius 1 is 1.09 bits per heavy atom. The van der Waals surface area contributed by atoms with Gasteiger partial charge < -0.3 is 5.11 Å². The molecule has 0 aromatic heterocycles. The SMILES string of the molecule is C=CC[C@@H](O)C1(C)CC2c3ccccc3C1(C)c1ccccc12. The van der Waals surface area contributed by atoms with Gasteiger partial charge in [0, 0.05) is 16.7 Å². The van der Waals surface area contributed by atoms with Crippen LogP contribution in [-0.4, -0.2) is 11.2 Å². The van der Waals surface area contributed by atoms with Crippen LogP contribution in [0.5, 0.6) is 0 Å². The van der Waals surface area contributed by atoms with Gasteiger partial charge in [-0.3, -0.25) is 0 Å². The van der Waals surface area contributed by atoms with Gasteiger partial charge in [-0.1, -0.05) is 68.5 Å². The van der Waals surface area contributed by atoms with Gasteiger partial charge in [-0.05, 0) is 35.1 Å². The van der Waals surface area contributed by atoms with E-state index < -0.39 is 0 Å². The number of rotatable bonds is 3. The van der Waals surface area contributed by atoms with Crippen LogP contribution in [0.15, 0.2) is 61.2 Å². The summed E-state index contributed by atoms with van der Waals surface area (Å²) in [5, 5.41) is 11.0. The van der Waals surface area contributed by atoms with Crippen LogP contribution >= 0.6 is 0 Å². The molecule has 3 aliphatic carbocycles. The zero-order valence-electron chi connectivity index (χ0n) is 13.9. The van der Waals surface area contributed by atoms with Crippen LogP contribution in [0, 0.1) is 5.41 Å². The highest BCUT2D eigenvalue weighted by molar-refractivity contribution is 5.60. The summed E-state index contributed by atoms with van der Waals surface area (Å²) in [7, 11) is 0. The Hall–Kier alpha value is -1.86. The minimum atomic E-state index is -0.380. The van der Waals surface area contributed by atoms with Gasteiger partial charge in [0.25, 0.3) is 0 Å².